The molecule has 0 amide bonds. The second-order valence-electron chi connectivity index (χ2n) is 5.17. The topological polar surface area (TPSA) is 46.2 Å². The van der Waals surface area contributed by atoms with Crippen LogP contribution in [0.3, 0.4) is 0 Å². The van der Waals surface area contributed by atoms with E-state index in [4.69, 9.17) is 11.6 Å². The Morgan fingerprint density at radius 2 is 1.81 bits per heavy atom. The highest BCUT2D eigenvalue weighted by atomic mass is 35.5. The van der Waals surface area contributed by atoms with Crippen LogP contribution in [0.25, 0.3) is 0 Å². The van der Waals surface area contributed by atoms with Crippen molar-refractivity contribution >= 4 is 21.6 Å². The van der Waals surface area contributed by atoms with Crippen molar-refractivity contribution in [2.24, 2.45) is 0 Å². The summed E-state index contributed by atoms with van der Waals surface area (Å²) in [4.78, 5) is 0.316. The third kappa shape index (κ3) is 3.84. The minimum Gasteiger partial charge on any atom is -0.207 e. The molecular weight excluding hydrogens is 306 g/mol. The number of sulfonamides is 1. The van der Waals surface area contributed by atoms with Gasteiger partial charge in [-0.25, -0.2) is 13.1 Å². The lowest BCUT2D eigenvalue weighted by atomic mass is 10.1. The molecule has 0 saturated heterocycles. The van der Waals surface area contributed by atoms with Crippen LogP contribution >= 0.6 is 11.6 Å². The van der Waals surface area contributed by atoms with Crippen LogP contribution in [0.2, 0.25) is 5.02 Å². The van der Waals surface area contributed by atoms with Gasteiger partial charge in [0.1, 0.15) is 0 Å². The van der Waals surface area contributed by atoms with Crippen molar-refractivity contribution in [1.82, 2.24) is 4.72 Å². The number of aryl methyl sites for hydroxylation is 2. The van der Waals surface area contributed by atoms with E-state index in [2.05, 4.69) is 4.72 Å². The monoisotopic (exact) mass is 323 g/mol. The first kappa shape index (κ1) is 16.0. The third-order valence-corrected chi connectivity index (χ3v) is 5.23. The molecule has 5 heteroatoms. The summed E-state index contributed by atoms with van der Waals surface area (Å²) in [5, 5.41) is 0.588. The zero-order chi connectivity index (χ0) is 15.6. The molecule has 21 heavy (non-hydrogen) atoms. The van der Waals surface area contributed by atoms with Crippen LogP contribution in [0, 0.1) is 13.8 Å². The quantitative estimate of drug-likeness (QED) is 0.924. The molecule has 0 saturated carbocycles. The maximum Gasteiger partial charge on any atom is 0.241 e. The van der Waals surface area contributed by atoms with Crippen LogP contribution in [-0.4, -0.2) is 8.42 Å². The van der Waals surface area contributed by atoms with Gasteiger partial charge in [0.05, 0.1) is 4.90 Å². The van der Waals surface area contributed by atoms with Crippen LogP contribution in [0.5, 0.6) is 0 Å². The summed E-state index contributed by atoms with van der Waals surface area (Å²) < 4.78 is 27.8. The fourth-order valence-corrected chi connectivity index (χ4v) is 3.90. The molecule has 0 spiro atoms. The average Bonchev–Trinajstić information content (AvgIpc) is 2.41. The van der Waals surface area contributed by atoms with Gasteiger partial charge in [-0.3, -0.25) is 0 Å². The molecule has 0 bridgehead atoms. The minimum absolute atomic E-state index is 0.316. The summed E-state index contributed by atoms with van der Waals surface area (Å²) in [6, 6.07) is 12.2. The molecular formula is C16H18ClNO2S. The maximum atomic E-state index is 12.5. The van der Waals surface area contributed by atoms with Crippen molar-refractivity contribution in [2.75, 3.05) is 0 Å². The predicted octanol–water partition coefficient (Wildman–Crippen LogP) is 4.00. The standard InChI is InChI=1S/C16H18ClNO2S/c1-11-7-8-12(2)16(9-11)21(19,20)18-13(3)14-5-4-6-15(17)10-14/h4-10,13,18H,1-3H3/t13-/m0/s1. The Morgan fingerprint density at radius 1 is 1.10 bits per heavy atom. The Hall–Kier alpha value is -1.36. The van der Waals surface area contributed by atoms with E-state index in [1.54, 1.807) is 38.1 Å². The minimum atomic E-state index is -3.57. The van der Waals surface area contributed by atoms with Crippen LogP contribution in [-0.2, 0) is 10.0 Å². The zero-order valence-electron chi connectivity index (χ0n) is 12.2. The van der Waals surface area contributed by atoms with Crippen LogP contribution < -0.4 is 4.72 Å². The van der Waals surface area contributed by atoms with Gasteiger partial charge in [0.2, 0.25) is 10.0 Å². The van der Waals surface area contributed by atoms with Gasteiger partial charge >= 0.3 is 0 Å². The maximum absolute atomic E-state index is 12.5. The van der Waals surface area contributed by atoms with E-state index in [1.807, 2.05) is 25.1 Å². The molecule has 0 fully saturated rings. The number of rotatable bonds is 4. The van der Waals surface area contributed by atoms with Crippen LogP contribution in [0.1, 0.15) is 29.7 Å². The largest absolute Gasteiger partial charge is 0.241 e. The average molecular weight is 324 g/mol. The van der Waals surface area contributed by atoms with Crippen molar-refractivity contribution in [2.45, 2.75) is 31.7 Å². The SMILES string of the molecule is Cc1ccc(C)c(S(=O)(=O)N[C@@H](C)c2cccc(Cl)c2)c1. The number of halogens is 1. The molecule has 0 aliphatic rings. The van der Waals surface area contributed by atoms with Gasteiger partial charge in [0, 0.05) is 11.1 Å². The van der Waals surface area contributed by atoms with Gasteiger partial charge < -0.3 is 0 Å². The second-order valence-corrected chi connectivity index (χ2v) is 7.29. The highest BCUT2D eigenvalue weighted by Crippen LogP contribution is 2.22. The van der Waals surface area contributed by atoms with E-state index in [9.17, 15) is 8.42 Å². The lowest BCUT2D eigenvalue weighted by Crippen LogP contribution is -2.27. The van der Waals surface area contributed by atoms with Gasteiger partial charge in [0.25, 0.3) is 0 Å². The van der Waals surface area contributed by atoms with E-state index in [0.717, 1.165) is 16.7 Å². The smallest absolute Gasteiger partial charge is 0.207 e. The van der Waals surface area contributed by atoms with Crippen molar-refractivity contribution in [1.29, 1.82) is 0 Å². The lowest BCUT2D eigenvalue weighted by molar-refractivity contribution is 0.566. The fraction of sp³-hybridized carbons (Fsp3) is 0.250. The third-order valence-electron chi connectivity index (χ3n) is 3.31. The van der Waals surface area contributed by atoms with E-state index >= 15 is 0 Å². The second kappa shape index (κ2) is 6.18. The van der Waals surface area contributed by atoms with E-state index in [-0.39, 0.29) is 6.04 Å². The Kier molecular flexibility index (Phi) is 4.71. The first-order valence-electron chi connectivity index (χ1n) is 6.64. The van der Waals surface area contributed by atoms with Crippen LogP contribution in [0.15, 0.2) is 47.4 Å². The molecule has 0 heterocycles. The molecule has 0 aromatic heterocycles. The number of nitrogens with one attached hydrogen (secondary N) is 1. The normalized spacial score (nSPS) is 13.1. The zero-order valence-corrected chi connectivity index (χ0v) is 13.8. The summed E-state index contributed by atoms with van der Waals surface area (Å²) in [7, 11) is -3.57. The Balaban J connectivity index is 2.31. The first-order valence-corrected chi connectivity index (χ1v) is 8.51. The summed E-state index contributed by atoms with van der Waals surface area (Å²) in [6.07, 6.45) is 0. The first-order chi connectivity index (χ1) is 9.79. The Labute approximate surface area is 131 Å². The van der Waals surface area contributed by atoms with E-state index < -0.39 is 10.0 Å². The van der Waals surface area contributed by atoms with Gasteiger partial charge in [-0.1, -0.05) is 35.9 Å². The van der Waals surface area contributed by atoms with Crippen molar-refractivity contribution in [3.8, 4) is 0 Å². The highest BCUT2D eigenvalue weighted by molar-refractivity contribution is 7.89. The molecule has 0 unspecified atom stereocenters. The number of hydrogen-bond acceptors (Lipinski definition) is 2. The fourth-order valence-electron chi connectivity index (χ4n) is 2.14. The molecule has 2 aromatic carbocycles. The summed E-state index contributed by atoms with van der Waals surface area (Å²) in [5.41, 5.74) is 2.47. The molecule has 3 nitrogen and oxygen atoms in total. The molecule has 1 N–H and O–H groups in total. The van der Waals surface area contributed by atoms with Gasteiger partial charge in [-0.15, -0.1) is 0 Å². The molecule has 2 rings (SSSR count). The summed E-state index contributed by atoms with van der Waals surface area (Å²) in [6.45, 7) is 5.46. The highest BCUT2D eigenvalue weighted by Gasteiger charge is 2.20. The Bertz CT molecular complexity index is 757. The van der Waals surface area contributed by atoms with Gasteiger partial charge in [-0.05, 0) is 55.7 Å². The predicted molar refractivity (Wildman–Crippen MR) is 86.1 cm³/mol. The summed E-state index contributed by atoms with van der Waals surface area (Å²) >= 11 is 5.95. The number of hydrogen-bond donors (Lipinski definition) is 1. The lowest BCUT2D eigenvalue weighted by Gasteiger charge is -2.16. The van der Waals surface area contributed by atoms with Gasteiger partial charge in [-0.2, -0.15) is 0 Å². The molecule has 0 radical (unpaired) electrons. The molecule has 1 atom stereocenters. The van der Waals surface area contributed by atoms with Crippen LogP contribution in [0.4, 0.5) is 0 Å². The molecule has 2 aromatic rings. The van der Waals surface area contributed by atoms with E-state index in [1.165, 1.54) is 0 Å². The van der Waals surface area contributed by atoms with Gasteiger partial charge in [0.15, 0.2) is 0 Å². The van der Waals surface area contributed by atoms with E-state index in [0.29, 0.717) is 9.92 Å². The molecule has 0 aliphatic heterocycles. The van der Waals surface area contributed by atoms with Crippen molar-refractivity contribution in [3.63, 3.8) is 0 Å². The summed E-state index contributed by atoms with van der Waals surface area (Å²) in [5.74, 6) is 0. The Morgan fingerprint density at radius 3 is 2.48 bits per heavy atom. The van der Waals surface area contributed by atoms with Crippen molar-refractivity contribution in [3.05, 3.63) is 64.2 Å². The number of benzene rings is 2. The molecule has 0 aliphatic carbocycles. The van der Waals surface area contributed by atoms with Crippen molar-refractivity contribution < 1.29 is 8.42 Å². The molecule has 112 valence electrons.